The van der Waals surface area contributed by atoms with Gasteiger partial charge in [-0.1, -0.05) is 17.8 Å². The summed E-state index contributed by atoms with van der Waals surface area (Å²) in [6, 6.07) is 9.24. The first-order valence-electron chi connectivity index (χ1n) is 7.04. The fourth-order valence-electron chi connectivity index (χ4n) is 1.92. The third-order valence-electron chi connectivity index (χ3n) is 3.07. The molecule has 2 aromatic rings. The Morgan fingerprint density at radius 1 is 1.22 bits per heavy atom. The van der Waals surface area contributed by atoms with Gasteiger partial charge in [0.25, 0.3) is 0 Å². The van der Waals surface area contributed by atoms with Gasteiger partial charge >= 0.3 is 0 Å². The summed E-state index contributed by atoms with van der Waals surface area (Å²) >= 11 is 2.92. The number of nitrogens with zero attached hydrogens (tertiary/aromatic N) is 1. The quantitative estimate of drug-likeness (QED) is 0.632. The van der Waals surface area contributed by atoms with Crippen LogP contribution < -0.4 is 5.32 Å². The number of rotatable bonds is 6. The summed E-state index contributed by atoms with van der Waals surface area (Å²) in [4.78, 5) is 28.7. The predicted octanol–water partition coefficient (Wildman–Crippen LogP) is 4.05. The molecule has 1 heterocycles. The maximum absolute atomic E-state index is 12.3. The molecule has 0 aliphatic heterocycles. The Labute approximate surface area is 144 Å². The standard InChI is InChI=1S/C17H18N2O2S2/c1-11-4-7-17(18-9-11)23-10-15(21)13-5-6-14(19-12(2)20)16(8-13)22-3/h4-9H,10H2,1-3H3,(H,19,20). The number of carbonyl (C=O) groups excluding carboxylic acids is 2. The van der Waals surface area contributed by atoms with Gasteiger partial charge in [-0.05, 0) is 43.0 Å². The van der Waals surface area contributed by atoms with Crippen LogP contribution in [0.1, 0.15) is 22.8 Å². The number of hydrogen-bond acceptors (Lipinski definition) is 5. The Balaban J connectivity index is 2.06. The largest absolute Gasteiger partial charge is 0.325 e. The Bertz CT molecular complexity index is 715. The summed E-state index contributed by atoms with van der Waals surface area (Å²) in [6.45, 7) is 3.45. The first-order chi connectivity index (χ1) is 11.0. The second kappa shape index (κ2) is 8.17. The monoisotopic (exact) mass is 346 g/mol. The molecular weight excluding hydrogens is 328 g/mol. The molecule has 1 amide bonds. The van der Waals surface area contributed by atoms with E-state index in [1.54, 1.807) is 18.3 Å². The Kier molecular flexibility index (Phi) is 6.24. The van der Waals surface area contributed by atoms with Crippen molar-refractivity contribution in [2.24, 2.45) is 0 Å². The van der Waals surface area contributed by atoms with Gasteiger partial charge in [-0.3, -0.25) is 9.59 Å². The SMILES string of the molecule is CSc1cc(C(=O)CSc2ccc(C)cn2)ccc1NC(C)=O. The fraction of sp³-hybridized carbons (Fsp3) is 0.235. The van der Waals surface area contributed by atoms with Crippen molar-refractivity contribution in [1.82, 2.24) is 4.98 Å². The highest BCUT2D eigenvalue weighted by Crippen LogP contribution is 2.27. The van der Waals surface area contributed by atoms with Gasteiger partial charge in [0.05, 0.1) is 16.5 Å². The molecule has 2 rings (SSSR count). The predicted molar refractivity (Wildman–Crippen MR) is 96.6 cm³/mol. The van der Waals surface area contributed by atoms with E-state index in [1.165, 1.54) is 30.4 Å². The minimum atomic E-state index is -0.125. The Morgan fingerprint density at radius 2 is 2.00 bits per heavy atom. The minimum Gasteiger partial charge on any atom is -0.325 e. The number of amides is 1. The van der Waals surface area contributed by atoms with Gasteiger partial charge in [0.1, 0.15) is 0 Å². The van der Waals surface area contributed by atoms with Gasteiger partial charge in [-0.2, -0.15) is 0 Å². The van der Waals surface area contributed by atoms with E-state index in [2.05, 4.69) is 10.3 Å². The van der Waals surface area contributed by atoms with Crippen LogP contribution in [-0.4, -0.2) is 28.7 Å². The van der Waals surface area contributed by atoms with Crippen LogP contribution in [0.5, 0.6) is 0 Å². The normalized spacial score (nSPS) is 10.4. The van der Waals surface area contributed by atoms with Crippen LogP contribution >= 0.6 is 23.5 Å². The number of ketones is 1. The van der Waals surface area contributed by atoms with Crippen molar-refractivity contribution in [3.05, 3.63) is 47.7 Å². The molecule has 0 fully saturated rings. The number of aryl methyl sites for hydroxylation is 1. The lowest BCUT2D eigenvalue weighted by molar-refractivity contribution is -0.114. The number of benzene rings is 1. The van der Waals surface area contributed by atoms with Crippen LogP contribution in [0.3, 0.4) is 0 Å². The molecule has 0 bridgehead atoms. The van der Waals surface area contributed by atoms with Crippen LogP contribution in [0.15, 0.2) is 46.5 Å². The van der Waals surface area contributed by atoms with Gasteiger partial charge in [-0.15, -0.1) is 11.8 Å². The summed E-state index contributed by atoms with van der Waals surface area (Å²) in [5.41, 5.74) is 2.47. The highest BCUT2D eigenvalue weighted by Gasteiger charge is 2.11. The maximum atomic E-state index is 12.3. The number of hydrogen-bond donors (Lipinski definition) is 1. The van der Waals surface area contributed by atoms with Crippen molar-refractivity contribution in [2.75, 3.05) is 17.3 Å². The number of thioether (sulfide) groups is 2. The lowest BCUT2D eigenvalue weighted by atomic mass is 10.1. The zero-order valence-electron chi connectivity index (χ0n) is 13.3. The molecule has 0 atom stereocenters. The average Bonchev–Trinajstić information content (AvgIpc) is 2.54. The Morgan fingerprint density at radius 3 is 2.61 bits per heavy atom. The Hall–Kier alpha value is -1.79. The van der Waals surface area contributed by atoms with Crippen molar-refractivity contribution in [3.63, 3.8) is 0 Å². The molecule has 0 saturated carbocycles. The number of pyridine rings is 1. The summed E-state index contributed by atoms with van der Waals surface area (Å²) in [7, 11) is 0. The topological polar surface area (TPSA) is 59.1 Å². The first kappa shape index (κ1) is 17.6. The molecule has 4 nitrogen and oxygen atoms in total. The highest BCUT2D eigenvalue weighted by molar-refractivity contribution is 8.00. The third kappa shape index (κ3) is 5.11. The zero-order valence-corrected chi connectivity index (χ0v) is 14.9. The van der Waals surface area contributed by atoms with E-state index in [0.717, 1.165) is 21.2 Å². The van der Waals surface area contributed by atoms with Crippen molar-refractivity contribution >= 4 is 40.9 Å². The minimum absolute atomic E-state index is 0.0436. The van der Waals surface area contributed by atoms with Crippen molar-refractivity contribution in [2.45, 2.75) is 23.8 Å². The smallest absolute Gasteiger partial charge is 0.221 e. The molecule has 120 valence electrons. The van der Waals surface area contributed by atoms with Crippen LogP contribution in [0.2, 0.25) is 0 Å². The van der Waals surface area contributed by atoms with Crippen molar-refractivity contribution in [1.29, 1.82) is 0 Å². The van der Waals surface area contributed by atoms with Gasteiger partial charge < -0.3 is 5.32 Å². The summed E-state index contributed by atoms with van der Waals surface area (Å²) in [5, 5.41) is 3.60. The molecule has 0 saturated heterocycles. The molecule has 0 radical (unpaired) electrons. The molecule has 0 aliphatic rings. The van der Waals surface area contributed by atoms with E-state index in [0.29, 0.717) is 11.3 Å². The lowest BCUT2D eigenvalue weighted by Gasteiger charge is -2.10. The van der Waals surface area contributed by atoms with E-state index in [4.69, 9.17) is 0 Å². The number of Topliss-reactive ketones (excluding diaryl/α,β-unsaturated/α-hetero) is 1. The summed E-state index contributed by atoms with van der Waals surface area (Å²) in [6.07, 6.45) is 3.71. The van der Waals surface area contributed by atoms with Gasteiger partial charge in [0.15, 0.2) is 5.78 Å². The molecule has 1 aromatic heterocycles. The molecule has 1 N–H and O–H groups in total. The number of aromatic nitrogens is 1. The number of carbonyl (C=O) groups is 2. The van der Waals surface area contributed by atoms with Gasteiger partial charge in [0.2, 0.25) is 5.91 Å². The molecular formula is C17H18N2O2S2. The lowest BCUT2D eigenvalue weighted by Crippen LogP contribution is -2.08. The highest BCUT2D eigenvalue weighted by atomic mass is 32.2. The molecule has 0 aliphatic carbocycles. The second-order valence-corrected chi connectivity index (χ2v) is 6.83. The maximum Gasteiger partial charge on any atom is 0.221 e. The molecule has 6 heteroatoms. The van der Waals surface area contributed by atoms with Crippen molar-refractivity contribution < 1.29 is 9.59 Å². The number of anilines is 1. The van der Waals surface area contributed by atoms with E-state index in [-0.39, 0.29) is 11.7 Å². The van der Waals surface area contributed by atoms with E-state index >= 15 is 0 Å². The van der Waals surface area contributed by atoms with E-state index < -0.39 is 0 Å². The van der Waals surface area contributed by atoms with E-state index in [9.17, 15) is 9.59 Å². The van der Waals surface area contributed by atoms with Crippen LogP contribution in [0.4, 0.5) is 5.69 Å². The van der Waals surface area contributed by atoms with Crippen molar-refractivity contribution in [3.8, 4) is 0 Å². The first-order valence-corrected chi connectivity index (χ1v) is 9.25. The van der Waals surface area contributed by atoms with Crippen LogP contribution in [0, 0.1) is 6.92 Å². The molecule has 23 heavy (non-hydrogen) atoms. The summed E-state index contributed by atoms with van der Waals surface area (Å²) < 4.78 is 0. The molecule has 1 aromatic carbocycles. The fourth-order valence-corrected chi connectivity index (χ4v) is 3.24. The molecule has 0 spiro atoms. The summed E-state index contributed by atoms with van der Waals surface area (Å²) in [5.74, 6) is 0.256. The van der Waals surface area contributed by atoms with Crippen LogP contribution in [0.25, 0.3) is 0 Å². The van der Waals surface area contributed by atoms with Gasteiger partial charge in [0, 0.05) is 23.6 Å². The van der Waals surface area contributed by atoms with E-state index in [1.807, 2.05) is 31.4 Å². The number of nitrogens with one attached hydrogen (secondary N) is 1. The third-order valence-corrected chi connectivity index (χ3v) is 4.79. The zero-order chi connectivity index (χ0) is 16.8. The average molecular weight is 346 g/mol. The van der Waals surface area contributed by atoms with Gasteiger partial charge in [-0.25, -0.2) is 4.98 Å². The van der Waals surface area contributed by atoms with Crippen LogP contribution in [-0.2, 0) is 4.79 Å². The molecule has 0 unspecified atom stereocenters. The second-order valence-electron chi connectivity index (χ2n) is 4.98.